The van der Waals surface area contributed by atoms with Gasteiger partial charge < -0.3 is 10.1 Å². The number of methoxy groups -OCH3 is 1. The Kier molecular flexibility index (Phi) is 4.35. The number of hydrogen-bond acceptors (Lipinski definition) is 4. The third-order valence-corrected chi connectivity index (χ3v) is 3.01. The first-order chi connectivity index (χ1) is 9.20. The molecule has 19 heavy (non-hydrogen) atoms. The van der Waals surface area contributed by atoms with Gasteiger partial charge in [0.2, 0.25) is 0 Å². The molecule has 1 aliphatic rings. The first-order valence-corrected chi connectivity index (χ1v) is 6.18. The minimum atomic E-state index is -0.370. The molecule has 1 atom stereocenters. The zero-order valence-corrected chi connectivity index (χ0v) is 10.7. The zero-order valence-electron chi connectivity index (χ0n) is 10.7. The molecule has 2 rings (SSSR count). The Hall–Kier alpha value is -2.08. The SMILES string of the molecule is COc1cccc(C(=O)NNC(=O)C2CCCN2)c1. The molecule has 1 heterocycles. The molecule has 1 unspecified atom stereocenters. The summed E-state index contributed by atoms with van der Waals surface area (Å²) < 4.78 is 5.03. The highest BCUT2D eigenvalue weighted by Gasteiger charge is 2.22. The number of rotatable bonds is 3. The Bertz CT molecular complexity index is 470. The van der Waals surface area contributed by atoms with E-state index in [1.54, 1.807) is 24.3 Å². The van der Waals surface area contributed by atoms with Gasteiger partial charge in [0.15, 0.2) is 0 Å². The molecule has 2 amide bonds. The van der Waals surface area contributed by atoms with Crippen LogP contribution in [0.25, 0.3) is 0 Å². The molecule has 0 spiro atoms. The molecule has 6 nitrogen and oxygen atoms in total. The number of nitrogens with one attached hydrogen (secondary N) is 3. The van der Waals surface area contributed by atoms with Crippen LogP contribution in [0.4, 0.5) is 0 Å². The average molecular weight is 263 g/mol. The van der Waals surface area contributed by atoms with Crippen molar-refractivity contribution < 1.29 is 14.3 Å². The van der Waals surface area contributed by atoms with Gasteiger partial charge in [-0.3, -0.25) is 20.4 Å². The molecule has 1 fully saturated rings. The van der Waals surface area contributed by atoms with Crippen LogP contribution in [-0.2, 0) is 4.79 Å². The van der Waals surface area contributed by atoms with E-state index >= 15 is 0 Å². The standard InChI is InChI=1S/C13H17N3O3/c1-19-10-5-2-4-9(8-10)12(17)15-16-13(18)11-6-3-7-14-11/h2,4-5,8,11,14H,3,6-7H2,1H3,(H,15,17)(H,16,18). The van der Waals surface area contributed by atoms with Gasteiger partial charge in [-0.2, -0.15) is 0 Å². The van der Waals surface area contributed by atoms with E-state index in [1.807, 2.05) is 0 Å². The van der Waals surface area contributed by atoms with E-state index < -0.39 is 0 Å². The number of hydrazine groups is 1. The van der Waals surface area contributed by atoms with Gasteiger partial charge in [0, 0.05) is 5.56 Å². The lowest BCUT2D eigenvalue weighted by Crippen LogP contribution is -2.49. The molecule has 1 aromatic carbocycles. The van der Waals surface area contributed by atoms with Crippen molar-refractivity contribution in [2.24, 2.45) is 0 Å². The molecule has 1 aliphatic heterocycles. The van der Waals surface area contributed by atoms with Gasteiger partial charge in [-0.05, 0) is 37.6 Å². The fraction of sp³-hybridized carbons (Fsp3) is 0.385. The maximum atomic E-state index is 11.8. The van der Waals surface area contributed by atoms with Crippen molar-refractivity contribution >= 4 is 11.8 Å². The number of amides is 2. The number of hydrogen-bond donors (Lipinski definition) is 3. The smallest absolute Gasteiger partial charge is 0.269 e. The van der Waals surface area contributed by atoms with Crippen LogP contribution < -0.4 is 20.9 Å². The van der Waals surface area contributed by atoms with E-state index in [0.717, 1.165) is 19.4 Å². The lowest BCUT2D eigenvalue weighted by atomic mass is 10.2. The fourth-order valence-electron chi connectivity index (χ4n) is 1.95. The van der Waals surface area contributed by atoms with Gasteiger partial charge in [0.05, 0.1) is 13.2 Å². The lowest BCUT2D eigenvalue weighted by molar-refractivity contribution is -0.123. The minimum Gasteiger partial charge on any atom is -0.497 e. The molecule has 0 bridgehead atoms. The van der Waals surface area contributed by atoms with Crippen molar-refractivity contribution in [3.8, 4) is 5.75 Å². The molecule has 1 aromatic rings. The predicted molar refractivity (Wildman–Crippen MR) is 69.6 cm³/mol. The molecule has 0 aliphatic carbocycles. The van der Waals surface area contributed by atoms with Crippen LogP contribution in [-0.4, -0.2) is 31.5 Å². The second-order valence-corrected chi connectivity index (χ2v) is 4.32. The van der Waals surface area contributed by atoms with Gasteiger partial charge >= 0.3 is 0 Å². The van der Waals surface area contributed by atoms with Gasteiger partial charge in [-0.1, -0.05) is 6.07 Å². The number of carbonyl (C=O) groups is 2. The van der Waals surface area contributed by atoms with Crippen molar-refractivity contribution in [1.29, 1.82) is 0 Å². The molecule has 0 radical (unpaired) electrons. The Labute approximate surface area is 111 Å². The topological polar surface area (TPSA) is 79.5 Å². The van der Waals surface area contributed by atoms with Gasteiger partial charge in [0.1, 0.15) is 5.75 Å². The van der Waals surface area contributed by atoms with E-state index in [2.05, 4.69) is 16.2 Å². The Morgan fingerprint density at radius 2 is 2.21 bits per heavy atom. The maximum absolute atomic E-state index is 11.8. The summed E-state index contributed by atoms with van der Waals surface area (Å²) in [6.45, 7) is 0.835. The molecule has 102 valence electrons. The molecular formula is C13H17N3O3. The summed E-state index contributed by atoms with van der Waals surface area (Å²) in [6, 6.07) is 6.50. The minimum absolute atomic E-state index is 0.214. The largest absolute Gasteiger partial charge is 0.497 e. The van der Waals surface area contributed by atoms with Crippen molar-refractivity contribution in [2.45, 2.75) is 18.9 Å². The Morgan fingerprint density at radius 1 is 1.37 bits per heavy atom. The van der Waals surface area contributed by atoms with Gasteiger partial charge in [0.25, 0.3) is 11.8 Å². The molecule has 3 N–H and O–H groups in total. The number of ether oxygens (including phenoxy) is 1. The summed E-state index contributed by atoms with van der Waals surface area (Å²) in [6.07, 6.45) is 1.77. The normalized spacial score (nSPS) is 17.8. The molecule has 6 heteroatoms. The fourth-order valence-corrected chi connectivity index (χ4v) is 1.95. The second-order valence-electron chi connectivity index (χ2n) is 4.32. The number of carbonyl (C=O) groups excluding carboxylic acids is 2. The predicted octanol–water partition coefficient (Wildman–Crippen LogP) is 0.208. The maximum Gasteiger partial charge on any atom is 0.269 e. The third kappa shape index (κ3) is 3.45. The van der Waals surface area contributed by atoms with Gasteiger partial charge in [-0.15, -0.1) is 0 Å². The van der Waals surface area contributed by atoms with Crippen LogP contribution in [0.15, 0.2) is 24.3 Å². The van der Waals surface area contributed by atoms with Crippen LogP contribution >= 0.6 is 0 Å². The van der Waals surface area contributed by atoms with Crippen molar-refractivity contribution in [3.63, 3.8) is 0 Å². The monoisotopic (exact) mass is 263 g/mol. The van der Waals surface area contributed by atoms with Crippen LogP contribution in [0.1, 0.15) is 23.2 Å². The highest BCUT2D eigenvalue weighted by Crippen LogP contribution is 2.12. The van der Waals surface area contributed by atoms with Crippen LogP contribution in [0, 0.1) is 0 Å². The van der Waals surface area contributed by atoms with Crippen LogP contribution in [0.3, 0.4) is 0 Å². The van der Waals surface area contributed by atoms with Crippen molar-refractivity contribution in [1.82, 2.24) is 16.2 Å². The Morgan fingerprint density at radius 3 is 2.89 bits per heavy atom. The summed E-state index contributed by atoms with van der Waals surface area (Å²) in [5.74, 6) is 0.00966. The molecule has 0 aromatic heterocycles. The van der Waals surface area contributed by atoms with Gasteiger partial charge in [-0.25, -0.2) is 0 Å². The van der Waals surface area contributed by atoms with Crippen LogP contribution in [0.2, 0.25) is 0 Å². The quantitative estimate of drug-likeness (QED) is 0.681. The molecular weight excluding hydrogens is 246 g/mol. The first kappa shape index (κ1) is 13.4. The van der Waals surface area contributed by atoms with E-state index in [1.165, 1.54) is 7.11 Å². The van der Waals surface area contributed by atoms with E-state index in [4.69, 9.17) is 4.74 Å². The van der Waals surface area contributed by atoms with E-state index in [9.17, 15) is 9.59 Å². The van der Waals surface area contributed by atoms with Crippen molar-refractivity contribution in [3.05, 3.63) is 29.8 Å². The summed E-state index contributed by atoms with van der Waals surface area (Å²) in [5.41, 5.74) is 5.24. The second kappa shape index (κ2) is 6.19. The summed E-state index contributed by atoms with van der Waals surface area (Å²) >= 11 is 0. The van der Waals surface area contributed by atoms with E-state index in [-0.39, 0.29) is 17.9 Å². The molecule has 1 saturated heterocycles. The average Bonchev–Trinajstić information content (AvgIpc) is 2.98. The zero-order chi connectivity index (χ0) is 13.7. The van der Waals surface area contributed by atoms with E-state index in [0.29, 0.717) is 11.3 Å². The van der Waals surface area contributed by atoms with Crippen molar-refractivity contribution in [2.75, 3.05) is 13.7 Å². The highest BCUT2D eigenvalue weighted by molar-refractivity contribution is 5.96. The highest BCUT2D eigenvalue weighted by atomic mass is 16.5. The Balaban J connectivity index is 1.88. The molecule has 0 saturated carbocycles. The van der Waals surface area contributed by atoms with Crippen LogP contribution in [0.5, 0.6) is 5.75 Å². The summed E-state index contributed by atoms with van der Waals surface area (Å²) in [4.78, 5) is 23.5. The summed E-state index contributed by atoms with van der Waals surface area (Å²) in [7, 11) is 1.53. The number of benzene rings is 1. The third-order valence-electron chi connectivity index (χ3n) is 3.01. The summed E-state index contributed by atoms with van der Waals surface area (Å²) in [5, 5.41) is 3.05. The first-order valence-electron chi connectivity index (χ1n) is 6.18. The lowest BCUT2D eigenvalue weighted by Gasteiger charge is -2.12.